The van der Waals surface area contributed by atoms with E-state index in [0.29, 0.717) is 16.6 Å². The summed E-state index contributed by atoms with van der Waals surface area (Å²) < 4.78 is 0. The molecule has 4 rings (SSSR count). The monoisotopic (exact) mass is 444 g/mol. The van der Waals surface area contributed by atoms with Crippen molar-refractivity contribution in [2.75, 3.05) is 25.4 Å². The van der Waals surface area contributed by atoms with Gasteiger partial charge in [0.05, 0.1) is 10.7 Å². The Morgan fingerprint density at radius 1 is 1.23 bits per heavy atom. The summed E-state index contributed by atoms with van der Waals surface area (Å²) in [5.74, 6) is 2.45. The second-order valence-electron chi connectivity index (χ2n) is 9.81. The van der Waals surface area contributed by atoms with Crippen LogP contribution in [0, 0.1) is 18.8 Å². The van der Waals surface area contributed by atoms with Gasteiger partial charge in [-0.1, -0.05) is 31.0 Å². The second-order valence-corrected chi connectivity index (χ2v) is 10.2. The van der Waals surface area contributed by atoms with Crippen LogP contribution in [0.2, 0.25) is 5.02 Å². The molecule has 31 heavy (non-hydrogen) atoms. The summed E-state index contributed by atoms with van der Waals surface area (Å²) >= 11 is 6.29. The van der Waals surface area contributed by atoms with E-state index >= 15 is 0 Å². The summed E-state index contributed by atoms with van der Waals surface area (Å²) in [6, 6.07) is 3.99. The van der Waals surface area contributed by atoms with E-state index in [4.69, 9.17) is 22.3 Å². The topological polar surface area (TPSA) is 70.7 Å². The fourth-order valence-corrected chi connectivity index (χ4v) is 5.76. The molecule has 1 amide bonds. The number of nitrogens with one attached hydrogen (secondary N) is 1. The van der Waals surface area contributed by atoms with E-state index in [2.05, 4.69) is 23.2 Å². The van der Waals surface area contributed by atoms with Crippen LogP contribution in [-0.2, 0) is 11.2 Å². The van der Waals surface area contributed by atoms with E-state index in [1.54, 1.807) is 0 Å². The molecule has 2 aliphatic heterocycles. The van der Waals surface area contributed by atoms with Gasteiger partial charge >= 0.3 is 0 Å². The normalized spacial score (nSPS) is 26.2. The Morgan fingerprint density at radius 2 is 1.94 bits per heavy atom. The van der Waals surface area contributed by atoms with Gasteiger partial charge in [-0.05, 0) is 87.9 Å². The van der Waals surface area contributed by atoms with Crippen molar-refractivity contribution < 1.29 is 4.79 Å². The zero-order chi connectivity index (χ0) is 22.0. The molecule has 0 bridgehead atoms. The van der Waals surface area contributed by atoms with E-state index < -0.39 is 5.54 Å². The number of nitrogen functional groups attached to an aromatic ring is 1. The first-order valence-electron chi connectivity index (χ1n) is 12.1. The molecule has 1 spiro atoms. The third kappa shape index (κ3) is 4.78. The summed E-state index contributed by atoms with van der Waals surface area (Å²) in [5, 5.41) is 3.86. The van der Waals surface area contributed by atoms with Crippen molar-refractivity contribution >= 4 is 29.0 Å². The largest absolute Gasteiger partial charge is 0.398 e. The van der Waals surface area contributed by atoms with Gasteiger partial charge < -0.3 is 16.0 Å². The molecule has 0 atom stereocenters. The second kappa shape index (κ2) is 9.50. The van der Waals surface area contributed by atoms with Gasteiger partial charge in [0.25, 0.3) is 5.91 Å². The molecule has 2 heterocycles. The maximum Gasteiger partial charge on any atom is 0.253 e. The molecule has 1 aliphatic carbocycles. The average Bonchev–Trinajstić information content (AvgIpc) is 3.11. The number of hydrogen-bond acceptors (Lipinski definition) is 4. The third-order valence-corrected chi connectivity index (χ3v) is 8.44. The van der Waals surface area contributed by atoms with Crippen LogP contribution in [0.3, 0.4) is 0 Å². The SMILES string of the molecule is CCC1CCC(C2=NC3(CCN(CCCc4ccc(N)c(Cl)c4C)CC3)C(=O)N2)CC1. The van der Waals surface area contributed by atoms with Gasteiger partial charge in [0.2, 0.25) is 0 Å². The lowest BCUT2D eigenvalue weighted by atomic mass is 9.80. The Kier molecular flexibility index (Phi) is 6.92. The number of nitrogens with two attached hydrogens (primary N) is 1. The van der Waals surface area contributed by atoms with Crippen LogP contribution in [-0.4, -0.2) is 41.8 Å². The highest BCUT2D eigenvalue weighted by Gasteiger charge is 2.46. The van der Waals surface area contributed by atoms with E-state index in [-0.39, 0.29) is 5.91 Å². The number of aliphatic imine (C=N–C) groups is 1. The van der Waals surface area contributed by atoms with Crippen molar-refractivity contribution in [3.63, 3.8) is 0 Å². The number of hydrogen-bond donors (Lipinski definition) is 2. The first kappa shape index (κ1) is 22.6. The minimum atomic E-state index is -0.505. The number of halogens is 1. The zero-order valence-electron chi connectivity index (χ0n) is 19.1. The molecular formula is C25H37ClN4O. The van der Waals surface area contributed by atoms with Gasteiger partial charge in [-0.3, -0.25) is 9.79 Å². The van der Waals surface area contributed by atoms with Crippen molar-refractivity contribution in [1.29, 1.82) is 0 Å². The molecule has 1 aromatic rings. The highest BCUT2D eigenvalue weighted by molar-refractivity contribution is 6.33. The Balaban J connectivity index is 1.27. The Labute approximate surface area is 191 Å². The zero-order valence-corrected chi connectivity index (χ0v) is 19.8. The van der Waals surface area contributed by atoms with Crippen LogP contribution in [0.5, 0.6) is 0 Å². The maximum atomic E-state index is 12.9. The standard InChI is InChI=1S/C25H37ClN4O/c1-3-18-6-8-20(9-7-18)23-28-24(31)25(29-23)12-15-30(16-13-25)14-4-5-19-10-11-21(27)22(26)17(19)2/h10-11,18,20H,3-9,12-16,27H2,1-2H3,(H,28,29,31). The number of amidine groups is 1. The Morgan fingerprint density at radius 3 is 2.61 bits per heavy atom. The van der Waals surface area contributed by atoms with Crippen LogP contribution in [0.15, 0.2) is 17.1 Å². The molecule has 170 valence electrons. The summed E-state index contributed by atoms with van der Waals surface area (Å²) in [7, 11) is 0. The molecule has 0 unspecified atom stereocenters. The number of amides is 1. The lowest BCUT2D eigenvalue weighted by Gasteiger charge is -2.35. The summed E-state index contributed by atoms with van der Waals surface area (Å²) in [6.45, 7) is 7.25. The fraction of sp³-hybridized carbons (Fsp3) is 0.680. The van der Waals surface area contributed by atoms with Crippen molar-refractivity contribution in [1.82, 2.24) is 10.2 Å². The minimum Gasteiger partial charge on any atom is -0.398 e. The molecule has 2 fully saturated rings. The molecule has 1 saturated carbocycles. The number of benzene rings is 1. The van der Waals surface area contributed by atoms with Crippen molar-refractivity contribution in [2.24, 2.45) is 16.8 Å². The first-order valence-corrected chi connectivity index (χ1v) is 12.5. The lowest BCUT2D eigenvalue weighted by molar-refractivity contribution is -0.125. The molecule has 1 saturated heterocycles. The number of piperidine rings is 1. The van der Waals surface area contributed by atoms with Crippen LogP contribution in [0.4, 0.5) is 5.69 Å². The molecule has 0 radical (unpaired) electrons. The number of rotatable bonds is 6. The van der Waals surface area contributed by atoms with E-state index in [1.165, 1.54) is 37.7 Å². The van der Waals surface area contributed by atoms with Gasteiger partial charge in [0.1, 0.15) is 11.4 Å². The highest BCUT2D eigenvalue weighted by Crippen LogP contribution is 2.36. The number of anilines is 1. The maximum absolute atomic E-state index is 12.9. The molecule has 1 aromatic carbocycles. The van der Waals surface area contributed by atoms with E-state index in [0.717, 1.165) is 62.6 Å². The van der Waals surface area contributed by atoms with Crippen LogP contribution >= 0.6 is 11.6 Å². The van der Waals surface area contributed by atoms with Gasteiger partial charge in [0, 0.05) is 19.0 Å². The van der Waals surface area contributed by atoms with Crippen LogP contribution in [0.25, 0.3) is 0 Å². The predicted molar refractivity (Wildman–Crippen MR) is 129 cm³/mol. The predicted octanol–water partition coefficient (Wildman–Crippen LogP) is 4.74. The average molecular weight is 445 g/mol. The number of carbonyl (C=O) groups excluding carboxylic acids is 1. The van der Waals surface area contributed by atoms with Gasteiger partial charge in [-0.25, -0.2) is 0 Å². The van der Waals surface area contributed by atoms with E-state index in [1.807, 2.05) is 13.0 Å². The van der Waals surface area contributed by atoms with Gasteiger partial charge in [-0.2, -0.15) is 0 Å². The summed E-state index contributed by atoms with van der Waals surface area (Å²) in [5.41, 5.74) is 8.40. The fourth-order valence-electron chi connectivity index (χ4n) is 5.57. The summed E-state index contributed by atoms with van der Waals surface area (Å²) in [6.07, 6.45) is 9.91. The number of carbonyl (C=O) groups is 1. The number of aryl methyl sites for hydroxylation is 1. The van der Waals surface area contributed by atoms with Crippen LogP contribution in [0.1, 0.15) is 69.4 Å². The molecule has 3 aliphatic rings. The Hall–Kier alpha value is -1.59. The van der Waals surface area contributed by atoms with Crippen molar-refractivity contribution in [2.45, 2.75) is 77.2 Å². The van der Waals surface area contributed by atoms with Gasteiger partial charge in [0.15, 0.2) is 0 Å². The van der Waals surface area contributed by atoms with E-state index in [9.17, 15) is 4.79 Å². The smallest absolute Gasteiger partial charge is 0.253 e. The lowest BCUT2D eigenvalue weighted by Crippen LogP contribution is -2.49. The molecular weight excluding hydrogens is 408 g/mol. The molecule has 5 nitrogen and oxygen atoms in total. The Bertz CT molecular complexity index is 836. The molecule has 6 heteroatoms. The quantitative estimate of drug-likeness (QED) is 0.622. The third-order valence-electron chi connectivity index (χ3n) is 7.94. The summed E-state index contributed by atoms with van der Waals surface area (Å²) in [4.78, 5) is 20.4. The number of likely N-dealkylation sites (tertiary alicyclic amines) is 1. The number of nitrogens with zero attached hydrogens (tertiary/aromatic N) is 2. The molecule has 0 aromatic heterocycles. The minimum absolute atomic E-state index is 0.145. The van der Waals surface area contributed by atoms with Crippen LogP contribution < -0.4 is 11.1 Å². The van der Waals surface area contributed by atoms with Crippen molar-refractivity contribution in [3.05, 3.63) is 28.3 Å². The van der Waals surface area contributed by atoms with Gasteiger partial charge in [-0.15, -0.1) is 0 Å². The van der Waals surface area contributed by atoms with Crippen molar-refractivity contribution in [3.8, 4) is 0 Å². The first-order chi connectivity index (χ1) is 14.9. The highest BCUT2D eigenvalue weighted by atomic mass is 35.5. The molecule has 3 N–H and O–H groups in total.